The summed E-state index contributed by atoms with van der Waals surface area (Å²) >= 11 is 0. The number of carbonyl (C=O) groups is 6. The maximum absolute atomic E-state index is 12.0. The summed E-state index contributed by atoms with van der Waals surface area (Å²) in [5.41, 5.74) is 0. The van der Waals surface area contributed by atoms with Gasteiger partial charge < -0.3 is 52.1 Å². The van der Waals surface area contributed by atoms with Crippen LogP contribution in [-0.2, 0) is 85.6 Å². The van der Waals surface area contributed by atoms with Crippen molar-refractivity contribution < 1.29 is 85.6 Å². The summed E-state index contributed by atoms with van der Waals surface area (Å²) in [7, 11) is 1.25. The van der Waals surface area contributed by atoms with Crippen molar-refractivity contribution in [2.24, 2.45) is 0 Å². The lowest BCUT2D eigenvalue weighted by atomic mass is 9.98. The number of rotatable bonds is 11. The highest BCUT2D eigenvalue weighted by Gasteiger charge is 2.60. The van der Waals surface area contributed by atoms with Crippen molar-refractivity contribution in [3.05, 3.63) is 0 Å². The van der Waals surface area contributed by atoms with Crippen LogP contribution >= 0.6 is 0 Å². The maximum Gasteiger partial charge on any atom is 0.303 e. The van der Waals surface area contributed by atoms with Gasteiger partial charge in [0.05, 0.1) is 6.61 Å². The van der Waals surface area contributed by atoms with Gasteiger partial charge in [0.1, 0.15) is 18.8 Å². The van der Waals surface area contributed by atoms with E-state index in [0.717, 1.165) is 34.6 Å². The molecule has 0 aromatic rings. The standard InChI is InChI=1S/C27H38O18/c1-11(28)35-9-17-19(37-12(2)29)22(40-15(5)32)24-26(43-17)45-27(7,44-24)36-10-18-20(38-13(3)30)21(39-14(4)31)23(41-16(6)33)25(34-8)42-18/h17-26H,9-10H2,1-8H3/t17-,18-,19-,20-,21+,22+,23-,24-,25+,26-,27+/m1/s1. The highest BCUT2D eigenvalue weighted by Crippen LogP contribution is 2.40. The summed E-state index contributed by atoms with van der Waals surface area (Å²) in [4.78, 5) is 71.3. The monoisotopic (exact) mass is 650 g/mol. The van der Waals surface area contributed by atoms with E-state index in [9.17, 15) is 28.8 Å². The average Bonchev–Trinajstić information content (AvgIpc) is 3.25. The molecule has 3 heterocycles. The fourth-order valence-corrected chi connectivity index (χ4v) is 5.06. The average molecular weight is 651 g/mol. The van der Waals surface area contributed by atoms with E-state index in [0.29, 0.717) is 0 Å². The molecule has 11 atom stereocenters. The maximum atomic E-state index is 12.0. The first-order chi connectivity index (χ1) is 21.0. The Bertz CT molecular complexity index is 1130. The van der Waals surface area contributed by atoms with E-state index in [1.54, 1.807) is 0 Å². The molecule has 254 valence electrons. The van der Waals surface area contributed by atoms with Crippen molar-refractivity contribution in [3.8, 4) is 0 Å². The Hall–Kier alpha value is -3.42. The molecule has 45 heavy (non-hydrogen) atoms. The topological polar surface area (TPSA) is 213 Å². The minimum atomic E-state index is -1.94. The summed E-state index contributed by atoms with van der Waals surface area (Å²) in [6, 6.07) is 0. The molecule has 0 aliphatic carbocycles. The van der Waals surface area contributed by atoms with Gasteiger partial charge in [-0.2, -0.15) is 0 Å². The van der Waals surface area contributed by atoms with E-state index < -0.39 is 110 Å². The molecule has 3 rings (SSSR count). The van der Waals surface area contributed by atoms with Gasteiger partial charge in [0, 0.05) is 55.6 Å². The fourth-order valence-electron chi connectivity index (χ4n) is 5.06. The fraction of sp³-hybridized carbons (Fsp3) is 0.778. The molecule has 0 amide bonds. The number of fused-ring (bicyclic) bond motifs is 1. The molecular weight excluding hydrogens is 612 g/mol. The number of hydrogen-bond donors (Lipinski definition) is 0. The molecule has 0 saturated carbocycles. The summed E-state index contributed by atoms with van der Waals surface area (Å²) < 4.78 is 66.8. The highest BCUT2D eigenvalue weighted by molar-refractivity contribution is 5.69. The van der Waals surface area contributed by atoms with Crippen molar-refractivity contribution >= 4 is 35.8 Å². The first-order valence-corrected chi connectivity index (χ1v) is 13.9. The van der Waals surface area contributed by atoms with E-state index in [1.165, 1.54) is 21.0 Å². The first kappa shape index (κ1) is 36.1. The van der Waals surface area contributed by atoms with Crippen LogP contribution in [0.15, 0.2) is 0 Å². The van der Waals surface area contributed by atoms with Crippen molar-refractivity contribution in [2.45, 2.75) is 116 Å². The summed E-state index contributed by atoms with van der Waals surface area (Å²) in [5, 5.41) is 0. The van der Waals surface area contributed by atoms with Gasteiger partial charge in [0.2, 0.25) is 0 Å². The van der Waals surface area contributed by atoms with Crippen molar-refractivity contribution in [1.82, 2.24) is 0 Å². The van der Waals surface area contributed by atoms with Gasteiger partial charge in [-0.1, -0.05) is 0 Å². The van der Waals surface area contributed by atoms with E-state index >= 15 is 0 Å². The Labute approximate surface area is 258 Å². The quantitative estimate of drug-likeness (QED) is 0.202. The second-order valence-corrected chi connectivity index (χ2v) is 10.4. The van der Waals surface area contributed by atoms with Crippen molar-refractivity contribution in [2.75, 3.05) is 20.3 Å². The lowest BCUT2D eigenvalue weighted by Crippen LogP contribution is -2.63. The number of hydrogen-bond acceptors (Lipinski definition) is 18. The molecule has 0 N–H and O–H groups in total. The second kappa shape index (κ2) is 15.2. The molecule has 0 unspecified atom stereocenters. The minimum Gasteiger partial charge on any atom is -0.463 e. The molecule has 3 aliphatic rings. The molecule has 3 fully saturated rings. The molecule has 0 bridgehead atoms. The van der Waals surface area contributed by atoms with Crippen LogP contribution in [0.4, 0.5) is 0 Å². The van der Waals surface area contributed by atoms with Crippen LogP contribution in [-0.4, -0.2) is 124 Å². The van der Waals surface area contributed by atoms with Crippen LogP contribution in [0.2, 0.25) is 0 Å². The van der Waals surface area contributed by atoms with Crippen LogP contribution in [0, 0.1) is 0 Å². The van der Waals surface area contributed by atoms with Crippen LogP contribution < -0.4 is 0 Å². The lowest BCUT2D eigenvalue weighted by Gasteiger charge is -2.44. The predicted octanol–water partition coefficient (Wildman–Crippen LogP) is -0.590. The smallest absolute Gasteiger partial charge is 0.303 e. The zero-order valence-electron chi connectivity index (χ0n) is 26.0. The van der Waals surface area contributed by atoms with Gasteiger partial charge in [-0.25, -0.2) is 0 Å². The van der Waals surface area contributed by atoms with Gasteiger partial charge in [0.25, 0.3) is 5.97 Å². The molecule has 0 aromatic carbocycles. The summed E-state index contributed by atoms with van der Waals surface area (Å²) in [6.07, 6.45) is -12.7. The van der Waals surface area contributed by atoms with Gasteiger partial charge in [0.15, 0.2) is 49.2 Å². The Kier molecular flexibility index (Phi) is 12.2. The first-order valence-electron chi connectivity index (χ1n) is 13.9. The third kappa shape index (κ3) is 9.54. The lowest BCUT2D eigenvalue weighted by molar-refractivity contribution is -0.364. The highest BCUT2D eigenvalue weighted by atomic mass is 16.9. The largest absolute Gasteiger partial charge is 0.463 e. The minimum absolute atomic E-state index is 0.380. The van der Waals surface area contributed by atoms with Gasteiger partial charge >= 0.3 is 35.8 Å². The Morgan fingerprint density at radius 2 is 1.04 bits per heavy atom. The number of ether oxygens (including phenoxy) is 12. The van der Waals surface area contributed by atoms with Gasteiger partial charge in [-0.15, -0.1) is 0 Å². The van der Waals surface area contributed by atoms with Crippen LogP contribution in [0.25, 0.3) is 0 Å². The summed E-state index contributed by atoms with van der Waals surface area (Å²) in [6.45, 7) is 7.28. The Balaban J connectivity index is 1.87. The van der Waals surface area contributed by atoms with E-state index in [-0.39, 0.29) is 6.61 Å². The zero-order chi connectivity index (χ0) is 33.6. The molecule has 0 spiro atoms. The summed E-state index contributed by atoms with van der Waals surface area (Å²) in [5.74, 6) is -6.37. The third-order valence-corrected chi connectivity index (χ3v) is 6.57. The van der Waals surface area contributed by atoms with E-state index in [2.05, 4.69) is 0 Å². The molecule has 0 aromatic heterocycles. The molecule has 3 aliphatic heterocycles. The normalized spacial score (nSPS) is 35.7. The third-order valence-electron chi connectivity index (χ3n) is 6.57. The van der Waals surface area contributed by atoms with Gasteiger partial charge in [-0.05, 0) is 0 Å². The van der Waals surface area contributed by atoms with Crippen LogP contribution in [0.1, 0.15) is 48.5 Å². The number of carbonyl (C=O) groups excluding carboxylic acids is 6. The SMILES string of the molecule is CO[C@H]1O[C@H](CO[C@]2(C)O[C@H]3O[C@H](COC(C)=O)[C@@H](OC(C)=O)[C@H](OC(C)=O)[C@H]3O2)[C@@H](OC(C)=O)[C@H](OC(C)=O)[C@H]1OC(C)=O. The molecule has 3 saturated heterocycles. The Morgan fingerprint density at radius 3 is 1.56 bits per heavy atom. The van der Waals surface area contributed by atoms with Crippen molar-refractivity contribution in [3.63, 3.8) is 0 Å². The van der Waals surface area contributed by atoms with E-state index in [4.69, 9.17) is 56.8 Å². The van der Waals surface area contributed by atoms with Crippen LogP contribution in [0.3, 0.4) is 0 Å². The Morgan fingerprint density at radius 1 is 0.578 bits per heavy atom. The van der Waals surface area contributed by atoms with Crippen molar-refractivity contribution in [1.29, 1.82) is 0 Å². The van der Waals surface area contributed by atoms with Crippen LogP contribution in [0.5, 0.6) is 0 Å². The molecule has 18 nitrogen and oxygen atoms in total. The second-order valence-electron chi connectivity index (χ2n) is 10.4. The number of methoxy groups -OCH3 is 1. The number of esters is 6. The van der Waals surface area contributed by atoms with Gasteiger partial charge in [-0.3, -0.25) is 33.5 Å². The molecule has 0 radical (unpaired) electrons. The zero-order valence-corrected chi connectivity index (χ0v) is 26.0. The molecular formula is C27H38O18. The predicted molar refractivity (Wildman–Crippen MR) is 139 cm³/mol. The molecule has 18 heteroatoms. The van der Waals surface area contributed by atoms with E-state index in [1.807, 2.05) is 0 Å².